The Morgan fingerprint density at radius 1 is 1.36 bits per heavy atom. The van der Waals surface area contributed by atoms with E-state index in [2.05, 4.69) is 31.0 Å². The van der Waals surface area contributed by atoms with E-state index < -0.39 is 5.97 Å². The molecule has 2 rings (SSSR count). The zero-order valence-electron chi connectivity index (χ0n) is 13.9. The first-order valence-corrected chi connectivity index (χ1v) is 8.16. The van der Waals surface area contributed by atoms with Crippen LogP contribution in [0.3, 0.4) is 0 Å². The lowest BCUT2D eigenvalue weighted by Crippen LogP contribution is -2.53. The highest BCUT2D eigenvalue weighted by atomic mass is 16.4. The summed E-state index contributed by atoms with van der Waals surface area (Å²) >= 11 is 0. The minimum absolute atomic E-state index is 0.148. The highest BCUT2D eigenvalue weighted by Crippen LogP contribution is 2.23. The molecular weight excluding hydrogens is 276 g/mol. The third-order valence-corrected chi connectivity index (χ3v) is 4.60. The Kier molecular flexibility index (Phi) is 5.59. The normalized spacial score (nSPS) is 20.0. The first-order valence-electron chi connectivity index (χ1n) is 8.16. The summed E-state index contributed by atoms with van der Waals surface area (Å²) in [4.78, 5) is 13.4. The zero-order chi connectivity index (χ0) is 16.2. The molecule has 1 heterocycles. The number of hydrogen-bond donors (Lipinski definition) is 2. The highest BCUT2D eigenvalue weighted by Gasteiger charge is 2.29. The quantitative estimate of drug-likeness (QED) is 0.848. The van der Waals surface area contributed by atoms with Gasteiger partial charge in [0.1, 0.15) is 0 Å². The minimum Gasteiger partial charge on any atom is -0.478 e. The molecular formula is C18H28N2O2. The van der Waals surface area contributed by atoms with Crippen LogP contribution in [0.15, 0.2) is 24.3 Å². The number of rotatable bonds is 6. The van der Waals surface area contributed by atoms with Crippen molar-refractivity contribution in [1.82, 2.24) is 10.2 Å². The van der Waals surface area contributed by atoms with Crippen LogP contribution in [0.1, 0.15) is 49.5 Å². The molecule has 0 aliphatic carbocycles. The van der Waals surface area contributed by atoms with Gasteiger partial charge in [-0.3, -0.25) is 4.90 Å². The molecule has 4 heteroatoms. The van der Waals surface area contributed by atoms with Crippen LogP contribution >= 0.6 is 0 Å². The molecule has 1 aliphatic rings. The van der Waals surface area contributed by atoms with Crippen LogP contribution < -0.4 is 5.32 Å². The van der Waals surface area contributed by atoms with E-state index in [-0.39, 0.29) is 5.54 Å². The van der Waals surface area contributed by atoms with Crippen molar-refractivity contribution in [2.45, 2.75) is 45.7 Å². The van der Waals surface area contributed by atoms with Crippen LogP contribution in [0.4, 0.5) is 0 Å². The fraction of sp³-hybridized carbons (Fsp3) is 0.611. The maximum atomic E-state index is 10.8. The van der Waals surface area contributed by atoms with Crippen LogP contribution in [0.5, 0.6) is 0 Å². The minimum atomic E-state index is -0.875. The monoisotopic (exact) mass is 304 g/mol. The molecule has 1 aromatic carbocycles. The molecule has 22 heavy (non-hydrogen) atoms. The first-order chi connectivity index (χ1) is 10.4. The van der Waals surface area contributed by atoms with Crippen molar-refractivity contribution in [3.63, 3.8) is 0 Å². The summed E-state index contributed by atoms with van der Waals surface area (Å²) in [6.45, 7) is 11.0. The molecule has 2 N–H and O–H groups in total. The van der Waals surface area contributed by atoms with Crippen LogP contribution in [0.2, 0.25) is 0 Å². The molecule has 0 bridgehead atoms. The van der Waals surface area contributed by atoms with Crippen molar-refractivity contribution in [3.8, 4) is 0 Å². The summed E-state index contributed by atoms with van der Waals surface area (Å²) in [5.74, 6) is -0.0866. The zero-order valence-corrected chi connectivity index (χ0v) is 13.9. The number of aromatic carboxylic acids is 1. The molecule has 4 nitrogen and oxygen atoms in total. The van der Waals surface area contributed by atoms with Crippen molar-refractivity contribution in [2.24, 2.45) is 5.92 Å². The van der Waals surface area contributed by atoms with E-state index in [4.69, 9.17) is 5.11 Å². The summed E-state index contributed by atoms with van der Waals surface area (Å²) in [5.41, 5.74) is 1.61. The molecule has 122 valence electrons. The predicted molar refractivity (Wildman–Crippen MR) is 89.2 cm³/mol. The van der Waals surface area contributed by atoms with Crippen LogP contribution in [0.25, 0.3) is 0 Å². The molecule has 0 amide bonds. The lowest BCUT2D eigenvalue weighted by atomic mass is 9.93. The second kappa shape index (κ2) is 7.25. The average Bonchev–Trinajstić information content (AvgIpc) is 2.47. The van der Waals surface area contributed by atoms with Gasteiger partial charge in [0, 0.05) is 25.2 Å². The Bertz CT molecular complexity index is 496. The summed E-state index contributed by atoms with van der Waals surface area (Å²) in [6.07, 6.45) is 2.64. The molecule has 1 aliphatic heterocycles. The van der Waals surface area contributed by atoms with Crippen LogP contribution in [0, 0.1) is 5.92 Å². The van der Waals surface area contributed by atoms with E-state index in [1.54, 1.807) is 12.1 Å². The fourth-order valence-electron chi connectivity index (χ4n) is 3.13. The van der Waals surface area contributed by atoms with E-state index in [9.17, 15) is 4.79 Å². The second-order valence-corrected chi connectivity index (χ2v) is 7.11. The Balaban J connectivity index is 1.82. The molecule has 0 spiro atoms. The van der Waals surface area contributed by atoms with Crippen molar-refractivity contribution in [3.05, 3.63) is 35.4 Å². The van der Waals surface area contributed by atoms with Gasteiger partial charge < -0.3 is 10.4 Å². The largest absolute Gasteiger partial charge is 0.478 e. The maximum Gasteiger partial charge on any atom is 0.335 e. The number of carboxylic acids is 1. The molecule has 1 unspecified atom stereocenters. The Hall–Kier alpha value is -1.39. The Labute approximate surface area is 133 Å². The summed E-state index contributed by atoms with van der Waals surface area (Å²) in [6, 6.07) is 7.09. The predicted octanol–water partition coefficient (Wildman–Crippen LogP) is 2.98. The number of carboxylic acid groups (broad SMARTS) is 1. The molecule has 0 saturated carbocycles. The van der Waals surface area contributed by atoms with Crippen LogP contribution in [-0.4, -0.2) is 41.1 Å². The van der Waals surface area contributed by atoms with E-state index in [0.29, 0.717) is 5.56 Å². The first kappa shape index (κ1) is 17.0. The third kappa shape index (κ3) is 4.55. The average molecular weight is 304 g/mol. The van der Waals surface area contributed by atoms with Crippen molar-refractivity contribution < 1.29 is 9.90 Å². The summed E-state index contributed by atoms with van der Waals surface area (Å²) in [7, 11) is 0. The smallest absolute Gasteiger partial charge is 0.335 e. The number of nitrogens with zero attached hydrogens (tertiary/aromatic N) is 1. The van der Waals surface area contributed by atoms with Gasteiger partial charge in [0.2, 0.25) is 0 Å². The Morgan fingerprint density at radius 3 is 2.64 bits per heavy atom. The van der Waals surface area contributed by atoms with E-state index in [1.165, 1.54) is 25.9 Å². The summed E-state index contributed by atoms with van der Waals surface area (Å²) in [5, 5.41) is 12.4. The van der Waals surface area contributed by atoms with E-state index >= 15 is 0 Å². The number of piperidine rings is 1. The SMILES string of the molecule is CC1CCCN(C(C)(C)CNCc2ccc(C(=O)O)cc2)C1. The standard InChI is InChI=1S/C18H28N2O2/c1-14-5-4-10-20(12-14)18(2,3)13-19-11-15-6-8-16(9-7-15)17(21)22/h6-9,14,19H,4-5,10-13H2,1-3H3,(H,21,22). The fourth-order valence-corrected chi connectivity index (χ4v) is 3.13. The molecule has 0 aromatic heterocycles. The lowest BCUT2D eigenvalue weighted by Gasteiger charge is -2.43. The van der Waals surface area contributed by atoms with Crippen molar-refractivity contribution in [2.75, 3.05) is 19.6 Å². The lowest BCUT2D eigenvalue weighted by molar-refractivity contribution is 0.0697. The number of hydrogen-bond acceptors (Lipinski definition) is 3. The molecule has 1 aromatic rings. The van der Waals surface area contributed by atoms with Gasteiger partial charge in [-0.05, 0) is 56.8 Å². The van der Waals surface area contributed by atoms with Gasteiger partial charge in [-0.1, -0.05) is 19.1 Å². The van der Waals surface area contributed by atoms with Crippen molar-refractivity contribution >= 4 is 5.97 Å². The topological polar surface area (TPSA) is 52.6 Å². The van der Waals surface area contributed by atoms with Gasteiger partial charge >= 0.3 is 5.97 Å². The molecule has 1 fully saturated rings. The van der Waals surface area contributed by atoms with Crippen LogP contribution in [-0.2, 0) is 6.54 Å². The maximum absolute atomic E-state index is 10.8. The number of likely N-dealkylation sites (tertiary alicyclic amines) is 1. The van der Waals surface area contributed by atoms with Gasteiger partial charge in [0.15, 0.2) is 0 Å². The molecule has 0 radical (unpaired) electrons. The number of benzene rings is 1. The third-order valence-electron chi connectivity index (χ3n) is 4.60. The van der Waals surface area contributed by atoms with Gasteiger partial charge in [-0.2, -0.15) is 0 Å². The molecule has 1 atom stereocenters. The molecule has 1 saturated heterocycles. The van der Waals surface area contributed by atoms with Crippen molar-refractivity contribution in [1.29, 1.82) is 0 Å². The van der Waals surface area contributed by atoms with Gasteiger partial charge in [0.05, 0.1) is 5.56 Å². The number of nitrogens with one attached hydrogen (secondary N) is 1. The summed E-state index contributed by atoms with van der Waals surface area (Å²) < 4.78 is 0. The van der Waals surface area contributed by atoms with Gasteiger partial charge in [0.25, 0.3) is 0 Å². The second-order valence-electron chi connectivity index (χ2n) is 7.11. The highest BCUT2D eigenvalue weighted by molar-refractivity contribution is 5.87. The van der Waals surface area contributed by atoms with E-state index in [1.807, 2.05) is 12.1 Å². The Morgan fingerprint density at radius 2 is 2.05 bits per heavy atom. The van der Waals surface area contributed by atoms with E-state index in [0.717, 1.165) is 24.6 Å². The van der Waals surface area contributed by atoms with Gasteiger partial charge in [-0.15, -0.1) is 0 Å². The number of carbonyl (C=O) groups is 1. The van der Waals surface area contributed by atoms with Gasteiger partial charge in [-0.25, -0.2) is 4.79 Å².